The van der Waals surface area contributed by atoms with Gasteiger partial charge in [-0.1, -0.05) is 0 Å². The van der Waals surface area contributed by atoms with Gasteiger partial charge in [0.15, 0.2) is 0 Å². The minimum absolute atomic E-state index is 0.348. The average Bonchev–Trinajstić information content (AvgIpc) is 3.00. The predicted molar refractivity (Wildman–Crippen MR) is 78.1 cm³/mol. The Labute approximate surface area is 120 Å². The predicted octanol–water partition coefficient (Wildman–Crippen LogP) is 1.42. The molecule has 3 rings (SSSR count). The molecule has 2 saturated heterocycles. The third-order valence-corrected chi connectivity index (χ3v) is 4.11. The summed E-state index contributed by atoms with van der Waals surface area (Å²) in [7, 11) is 0. The van der Waals surface area contributed by atoms with E-state index < -0.39 is 0 Å². The van der Waals surface area contributed by atoms with Crippen LogP contribution in [0, 0.1) is 5.92 Å². The highest BCUT2D eigenvalue weighted by Gasteiger charge is 2.18. The summed E-state index contributed by atoms with van der Waals surface area (Å²) in [5, 5.41) is 0. The lowest BCUT2D eigenvalue weighted by Gasteiger charge is -2.31. The zero-order valence-electron chi connectivity index (χ0n) is 11.8. The molecule has 110 valence electrons. The van der Waals surface area contributed by atoms with Gasteiger partial charge in [-0.15, -0.1) is 0 Å². The molecular weight excluding hydrogens is 254 g/mol. The van der Waals surface area contributed by atoms with Crippen molar-refractivity contribution in [2.75, 3.05) is 37.8 Å². The van der Waals surface area contributed by atoms with E-state index in [1.807, 2.05) is 6.20 Å². The number of anilines is 1. The van der Waals surface area contributed by atoms with Gasteiger partial charge in [-0.25, -0.2) is 0 Å². The first-order valence-electron chi connectivity index (χ1n) is 7.47. The fourth-order valence-corrected chi connectivity index (χ4v) is 2.75. The minimum atomic E-state index is 0.348. The average molecular weight is 277 g/mol. The van der Waals surface area contributed by atoms with Gasteiger partial charge in [0.25, 0.3) is 0 Å². The molecule has 3 heterocycles. The number of hydrogen-bond acceptors (Lipinski definition) is 5. The number of nitrogens with two attached hydrogens (primary N) is 1. The molecule has 2 N–H and O–H groups in total. The zero-order valence-corrected chi connectivity index (χ0v) is 11.8. The van der Waals surface area contributed by atoms with Crippen LogP contribution in [0.2, 0.25) is 0 Å². The second-order valence-electron chi connectivity index (χ2n) is 5.74. The molecule has 20 heavy (non-hydrogen) atoms. The molecule has 0 radical (unpaired) electrons. The molecule has 1 aromatic heterocycles. The van der Waals surface area contributed by atoms with E-state index in [1.165, 1.54) is 0 Å². The van der Waals surface area contributed by atoms with Crippen LogP contribution in [0.4, 0.5) is 5.69 Å². The minimum Gasteiger partial charge on any atom is -0.492 e. The van der Waals surface area contributed by atoms with Gasteiger partial charge in [0.2, 0.25) is 0 Å². The smallest absolute Gasteiger partial charge is 0.139 e. The van der Waals surface area contributed by atoms with Gasteiger partial charge in [-0.2, -0.15) is 0 Å². The number of rotatable bonds is 4. The molecule has 0 amide bonds. The molecule has 2 aliphatic heterocycles. The zero-order chi connectivity index (χ0) is 13.8. The van der Waals surface area contributed by atoms with Crippen LogP contribution in [0.15, 0.2) is 18.5 Å². The van der Waals surface area contributed by atoms with Gasteiger partial charge in [0, 0.05) is 37.7 Å². The van der Waals surface area contributed by atoms with E-state index in [1.54, 1.807) is 6.20 Å². The van der Waals surface area contributed by atoms with E-state index in [9.17, 15) is 0 Å². The topological polar surface area (TPSA) is 60.6 Å². The van der Waals surface area contributed by atoms with Crippen LogP contribution in [-0.4, -0.2) is 43.9 Å². The third-order valence-electron chi connectivity index (χ3n) is 4.11. The van der Waals surface area contributed by atoms with Gasteiger partial charge >= 0.3 is 0 Å². The van der Waals surface area contributed by atoms with E-state index in [-0.39, 0.29) is 0 Å². The van der Waals surface area contributed by atoms with Crippen molar-refractivity contribution < 1.29 is 9.47 Å². The summed E-state index contributed by atoms with van der Waals surface area (Å²) in [5.74, 6) is 1.37. The van der Waals surface area contributed by atoms with Crippen LogP contribution < -0.4 is 15.4 Å². The van der Waals surface area contributed by atoms with Gasteiger partial charge in [-0.3, -0.25) is 4.98 Å². The van der Waals surface area contributed by atoms with Crippen molar-refractivity contribution in [3.8, 4) is 5.75 Å². The summed E-state index contributed by atoms with van der Waals surface area (Å²) in [6.07, 6.45) is 6.88. The summed E-state index contributed by atoms with van der Waals surface area (Å²) in [4.78, 5) is 6.63. The molecule has 0 saturated carbocycles. The molecule has 1 unspecified atom stereocenters. The van der Waals surface area contributed by atoms with Crippen LogP contribution in [0.1, 0.15) is 19.3 Å². The first kappa shape index (κ1) is 13.6. The highest BCUT2D eigenvalue weighted by molar-refractivity contribution is 5.48. The van der Waals surface area contributed by atoms with Gasteiger partial charge < -0.3 is 20.1 Å². The Balaban J connectivity index is 1.57. The number of pyridine rings is 1. The van der Waals surface area contributed by atoms with Crippen LogP contribution in [0.3, 0.4) is 0 Å². The van der Waals surface area contributed by atoms with E-state index in [0.29, 0.717) is 12.0 Å². The lowest BCUT2D eigenvalue weighted by Crippen LogP contribution is -2.39. The number of hydrogen-bond donors (Lipinski definition) is 1. The van der Waals surface area contributed by atoms with E-state index in [4.69, 9.17) is 15.2 Å². The van der Waals surface area contributed by atoms with Crippen molar-refractivity contribution in [2.45, 2.75) is 25.3 Å². The normalized spacial score (nSPS) is 24.1. The standard InChI is InChI=1S/C15H23N3O2/c16-13-1-4-18(5-2-13)14-7-15(9-17-8-14)20-11-12-3-6-19-10-12/h7-9,12-13H,1-6,10-11,16H2. The molecule has 2 fully saturated rings. The molecule has 0 bridgehead atoms. The molecule has 5 heteroatoms. The van der Waals surface area contributed by atoms with Crippen molar-refractivity contribution in [1.29, 1.82) is 0 Å². The Bertz CT molecular complexity index is 427. The van der Waals surface area contributed by atoms with E-state index in [0.717, 1.165) is 63.6 Å². The van der Waals surface area contributed by atoms with Crippen molar-refractivity contribution in [1.82, 2.24) is 4.98 Å². The Morgan fingerprint density at radius 1 is 1.30 bits per heavy atom. The lowest BCUT2D eigenvalue weighted by molar-refractivity contribution is 0.167. The van der Waals surface area contributed by atoms with Crippen LogP contribution in [-0.2, 0) is 4.74 Å². The fourth-order valence-electron chi connectivity index (χ4n) is 2.75. The summed E-state index contributed by atoms with van der Waals surface area (Å²) >= 11 is 0. The molecular formula is C15H23N3O2. The molecule has 1 aromatic rings. The molecule has 0 spiro atoms. The first-order valence-corrected chi connectivity index (χ1v) is 7.47. The maximum atomic E-state index is 5.94. The highest BCUT2D eigenvalue weighted by atomic mass is 16.5. The van der Waals surface area contributed by atoms with Crippen LogP contribution >= 0.6 is 0 Å². The second-order valence-corrected chi connectivity index (χ2v) is 5.74. The Morgan fingerprint density at radius 2 is 2.15 bits per heavy atom. The van der Waals surface area contributed by atoms with E-state index in [2.05, 4.69) is 16.0 Å². The lowest BCUT2D eigenvalue weighted by atomic mass is 10.1. The number of ether oxygens (including phenoxy) is 2. The van der Waals surface area contributed by atoms with Crippen molar-refractivity contribution in [3.63, 3.8) is 0 Å². The quantitative estimate of drug-likeness (QED) is 0.902. The largest absolute Gasteiger partial charge is 0.492 e. The number of nitrogens with zero attached hydrogens (tertiary/aromatic N) is 2. The number of piperidine rings is 1. The molecule has 1 atom stereocenters. The molecule has 2 aliphatic rings. The monoisotopic (exact) mass is 277 g/mol. The first-order chi connectivity index (χ1) is 9.81. The van der Waals surface area contributed by atoms with Crippen molar-refractivity contribution in [2.24, 2.45) is 11.7 Å². The van der Waals surface area contributed by atoms with Crippen molar-refractivity contribution in [3.05, 3.63) is 18.5 Å². The summed E-state index contributed by atoms with van der Waals surface area (Å²) < 4.78 is 11.2. The second kappa shape index (κ2) is 6.41. The van der Waals surface area contributed by atoms with Gasteiger partial charge in [-0.05, 0) is 19.3 Å². The molecule has 0 aromatic carbocycles. The number of aromatic nitrogens is 1. The highest BCUT2D eigenvalue weighted by Crippen LogP contribution is 2.23. The molecule has 5 nitrogen and oxygen atoms in total. The van der Waals surface area contributed by atoms with Crippen molar-refractivity contribution >= 4 is 5.69 Å². The maximum absolute atomic E-state index is 5.94. The van der Waals surface area contributed by atoms with Crippen LogP contribution in [0.25, 0.3) is 0 Å². The summed E-state index contributed by atoms with van der Waals surface area (Å²) in [6.45, 7) is 4.40. The summed E-state index contributed by atoms with van der Waals surface area (Å²) in [5.41, 5.74) is 7.08. The van der Waals surface area contributed by atoms with Gasteiger partial charge in [0.1, 0.15) is 5.75 Å². The SMILES string of the molecule is NC1CCN(c2cncc(OCC3CCOC3)c2)CC1. The van der Waals surface area contributed by atoms with Gasteiger partial charge in [0.05, 0.1) is 31.3 Å². The Kier molecular flexibility index (Phi) is 4.38. The molecule has 0 aliphatic carbocycles. The van der Waals surface area contributed by atoms with Crippen LogP contribution in [0.5, 0.6) is 5.75 Å². The summed E-state index contributed by atoms with van der Waals surface area (Å²) in [6, 6.07) is 2.43. The Morgan fingerprint density at radius 3 is 2.90 bits per heavy atom. The fraction of sp³-hybridized carbons (Fsp3) is 0.667. The third kappa shape index (κ3) is 3.41. The maximum Gasteiger partial charge on any atom is 0.139 e. The van der Waals surface area contributed by atoms with E-state index >= 15 is 0 Å². The Hall–Kier alpha value is -1.33.